The first kappa shape index (κ1) is 19.2. The van der Waals surface area contributed by atoms with Crippen LogP contribution in [0.5, 0.6) is 0 Å². The van der Waals surface area contributed by atoms with Gasteiger partial charge < -0.3 is 4.90 Å². The van der Waals surface area contributed by atoms with Gasteiger partial charge in [-0.2, -0.15) is 4.31 Å². The van der Waals surface area contributed by atoms with Gasteiger partial charge in [0.25, 0.3) is 0 Å². The van der Waals surface area contributed by atoms with Crippen molar-refractivity contribution in [2.24, 2.45) is 0 Å². The van der Waals surface area contributed by atoms with Crippen molar-refractivity contribution in [3.63, 3.8) is 0 Å². The van der Waals surface area contributed by atoms with E-state index in [1.165, 1.54) is 21.9 Å². The van der Waals surface area contributed by atoms with Gasteiger partial charge in [-0.25, -0.2) is 8.42 Å². The van der Waals surface area contributed by atoms with Crippen LogP contribution in [0.1, 0.15) is 28.7 Å². The Morgan fingerprint density at radius 2 is 1.57 bits per heavy atom. The third kappa shape index (κ3) is 4.28. The monoisotopic (exact) mass is 398 g/mol. The maximum atomic E-state index is 12.7. The van der Waals surface area contributed by atoms with Crippen LogP contribution in [-0.2, 0) is 39.8 Å². The van der Waals surface area contributed by atoms with Gasteiger partial charge >= 0.3 is 0 Å². The van der Waals surface area contributed by atoms with E-state index in [2.05, 4.69) is 18.2 Å². The number of benzene rings is 2. The fourth-order valence-electron chi connectivity index (χ4n) is 4.11. The highest BCUT2D eigenvalue weighted by molar-refractivity contribution is 7.88. The Morgan fingerprint density at radius 1 is 0.857 bits per heavy atom. The smallest absolute Gasteiger partial charge is 0.227 e. The minimum atomic E-state index is -3.36. The van der Waals surface area contributed by atoms with E-state index in [0.29, 0.717) is 32.6 Å². The Kier molecular flexibility index (Phi) is 5.51. The van der Waals surface area contributed by atoms with Crippen molar-refractivity contribution in [3.05, 3.63) is 70.8 Å². The third-order valence-corrected chi connectivity index (χ3v) is 7.54. The molecule has 28 heavy (non-hydrogen) atoms. The van der Waals surface area contributed by atoms with Crippen LogP contribution in [0.4, 0.5) is 0 Å². The Balaban J connectivity index is 1.32. The topological polar surface area (TPSA) is 57.7 Å². The second-order valence-corrected chi connectivity index (χ2v) is 9.62. The van der Waals surface area contributed by atoms with Gasteiger partial charge in [0.15, 0.2) is 0 Å². The Bertz CT molecular complexity index is 949. The zero-order valence-electron chi connectivity index (χ0n) is 16.0. The van der Waals surface area contributed by atoms with E-state index < -0.39 is 10.0 Å². The summed E-state index contributed by atoms with van der Waals surface area (Å²) in [5.74, 6) is 0.0924. The molecular formula is C22H26N2O3S. The zero-order chi connectivity index (χ0) is 19.6. The molecule has 1 aliphatic heterocycles. The molecule has 0 unspecified atom stereocenters. The predicted molar refractivity (Wildman–Crippen MR) is 109 cm³/mol. The first-order valence-electron chi connectivity index (χ1n) is 9.91. The summed E-state index contributed by atoms with van der Waals surface area (Å²) in [7, 11) is -3.36. The van der Waals surface area contributed by atoms with Crippen molar-refractivity contribution in [3.8, 4) is 0 Å². The quantitative estimate of drug-likeness (QED) is 0.777. The second kappa shape index (κ2) is 8.05. The van der Waals surface area contributed by atoms with Crippen LogP contribution < -0.4 is 0 Å². The molecule has 1 heterocycles. The molecule has 0 aromatic heterocycles. The van der Waals surface area contributed by atoms with E-state index in [1.54, 1.807) is 4.90 Å². The van der Waals surface area contributed by atoms with Gasteiger partial charge in [-0.15, -0.1) is 0 Å². The van der Waals surface area contributed by atoms with Crippen molar-refractivity contribution >= 4 is 15.9 Å². The van der Waals surface area contributed by atoms with Gasteiger partial charge in [-0.05, 0) is 41.5 Å². The highest BCUT2D eigenvalue weighted by Gasteiger charge is 2.29. The SMILES string of the molecule is O=C(Cc1ccc2c(c1)CCC2)N1CCN(S(=O)(=O)Cc2ccccc2)CC1. The lowest BCUT2D eigenvalue weighted by molar-refractivity contribution is -0.131. The molecule has 2 aromatic carbocycles. The molecule has 2 aromatic rings. The number of rotatable bonds is 5. The van der Waals surface area contributed by atoms with E-state index in [4.69, 9.17) is 0 Å². The van der Waals surface area contributed by atoms with Crippen LogP contribution in [0, 0.1) is 0 Å². The summed E-state index contributed by atoms with van der Waals surface area (Å²) in [5, 5.41) is 0. The summed E-state index contributed by atoms with van der Waals surface area (Å²) >= 11 is 0. The van der Waals surface area contributed by atoms with Crippen molar-refractivity contribution in [2.75, 3.05) is 26.2 Å². The molecule has 1 aliphatic carbocycles. The van der Waals surface area contributed by atoms with Crippen molar-refractivity contribution < 1.29 is 13.2 Å². The summed E-state index contributed by atoms with van der Waals surface area (Å²) in [6.07, 6.45) is 3.84. The molecule has 0 spiro atoms. The van der Waals surface area contributed by atoms with Crippen LogP contribution >= 0.6 is 0 Å². The molecule has 0 atom stereocenters. The molecule has 1 fully saturated rings. The lowest BCUT2D eigenvalue weighted by Crippen LogP contribution is -2.51. The first-order valence-corrected chi connectivity index (χ1v) is 11.5. The van der Waals surface area contributed by atoms with Crippen LogP contribution in [0.25, 0.3) is 0 Å². The Morgan fingerprint density at radius 3 is 2.32 bits per heavy atom. The molecule has 1 saturated heterocycles. The number of hydrogen-bond donors (Lipinski definition) is 0. The molecule has 0 bridgehead atoms. The zero-order valence-corrected chi connectivity index (χ0v) is 16.8. The largest absolute Gasteiger partial charge is 0.340 e. The Labute approximate surface area is 167 Å². The van der Waals surface area contributed by atoms with Crippen molar-refractivity contribution in [1.82, 2.24) is 9.21 Å². The minimum Gasteiger partial charge on any atom is -0.340 e. The second-order valence-electron chi connectivity index (χ2n) is 7.66. The molecule has 0 N–H and O–H groups in total. The minimum absolute atomic E-state index is 0.0108. The first-order chi connectivity index (χ1) is 13.5. The highest BCUT2D eigenvalue weighted by atomic mass is 32.2. The van der Waals surface area contributed by atoms with Crippen LogP contribution in [-0.4, -0.2) is 49.7 Å². The molecule has 0 radical (unpaired) electrons. The average molecular weight is 399 g/mol. The van der Waals surface area contributed by atoms with E-state index >= 15 is 0 Å². The Hall–Kier alpha value is -2.18. The number of nitrogens with zero attached hydrogens (tertiary/aromatic N) is 2. The lowest BCUT2D eigenvalue weighted by atomic mass is 10.0. The average Bonchev–Trinajstić information content (AvgIpc) is 3.16. The number of carbonyl (C=O) groups excluding carboxylic acids is 1. The summed E-state index contributed by atoms with van der Waals surface area (Å²) in [6, 6.07) is 15.6. The van der Waals surface area contributed by atoms with E-state index in [9.17, 15) is 13.2 Å². The van der Waals surface area contributed by atoms with Gasteiger partial charge in [0.1, 0.15) is 0 Å². The van der Waals surface area contributed by atoms with E-state index in [-0.39, 0.29) is 11.7 Å². The normalized spacial score (nSPS) is 17.5. The molecule has 4 rings (SSSR count). The van der Waals surface area contributed by atoms with Crippen molar-refractivity contribution in [2.45, 2.75) is 31.4 Å². The van der Waals surface area contributed by atoms with E-state index in [0.717, 1.165) is 24.0 Å². The molecule has 5 nitrogen and oxygen atoms in total. The molecule has 148 valence electrons. The fourth-order valence-corrected chi connectivity index (χ4v) is 5.63. The summed E-state index contributed by atoms with van der Waals surface area (Å²) < 4.78 is 26.8. The number of sulfonamides is 1. The number of aryl methyl sites for hydroxylation is 2. The predicted octanol–water partition coefficient (Wildman–Crippen LogP) is 2.39. The molecule has 1 amide bonds. The summed E-state index contributed by atoms with van der Waals surface area (Å²) in [5.41, 5.74) is 4.64. The maximum absolute atomic E-state index is 12.7. The van der Waals surface area contributed by atoms with Crippen LogP contribution in [0.3, 0.4) is 0 Å². The van der Waals surface area contributed by atoms with Crippen LogP contribution in [0.2, 0.25) is 0 Å². The fraction of sp³-hybridized carbons (Fsp3) is 0.409. The van der Waals surface area contributed by atoms with Crippen molar-refractivity contribution in [1.29, 1.82) is 0 Å². The number of amides is 1. The number of piperazine rings is 1. The van der Waals surface area contributed by atoms with Gasteiger partial charge in [0, 0.05) is 26.2 Å². The van der Waals surface area contributed by atoms with Gasteiger partial charge in [-0.3, -0.25) is 4.79 Å². The van der Waals surface area contributed by atoms with Gasteiger partial charge in [-0.1, -0.05) is 48.5 Å². The highest BCUT2D eigenvalue weighted by Crippen LogP contribution is 2.23. The van der Waals surface area contributed by atoms with Gasteiger partial charge in [0.05, 0.1) is 12.2 Å². The number of hydrogen-bond acceptors (Lipinski definition) is 3. The standard InChI is InChI=1S/C22H26N2O3S/c25-22(16-19-9-10-20-7-4-8-21(20)15-19)23-11-13-24(14-12-23)28(26,27)17-18-5-2-1-3-6-18/h1-3,5-6,9-10,15H,4,7-8,11-14,16-17H2. The molecular weight excluding hydrogens is 372 g/mol. The summed E-state index contributed by atoms with van der Waals surface area (Å²) in [6.45, 7) is 1.64. The number of carbonyl (C=O) groups is 1. The molecule has 2 aliphatic rings. The third-order valence-electron chi connectivity index (χ3n) is 5.69. The summed E-state index contributed by atoms with van der Waals surface area (Å²) in [4.78, 5) is 14.5. The molecule has 6 heteroatoms. The maximum Gasteiger partial charge on any atom is 0.227 e. The van der Waals surface area contributed by atoms with Gasteiger partial charge in [0.2, 0.25) is 15.9 Å². The van der Waals surface area contributed by atoms with Crippen LogP contribution in [0.15, 0.2) is 48.5 Å². The number of fused-ring (bicyclic) bond motifs is 1. The molecule has 0 saturated carbocycles. The van der Waals surface area contributed by atoms with E-state index in [1.807, 2.05) is 30.3 Å². The lowest BCUT2D eigenvalue weighted by Gasteiger charge is -2.34.